The van der Waals surface area contributed by atoms with E-state index in [4.69, 9.17) is 15.2 Å². The molecule has 0 heterocycles. The van der Waals surface area contributed by atoms with Crippen LogP contribution in [0.2, 0.25) is 0 Å². The van der Waals surface area contributed by atoms with Crippen LogP contribution in [-0.2, 0) is 9.84 Å². The fourth-order valence-electron chi connectivity index (χ4n) is 1.50. The Kier molecular flexibility index (Phi) is 5.27. The number of methoxy groups -OCH3 is 1. The molecule has 0 aromatic heterocycles. The number of hydrogen-bond acceptors (Lipinski definition) is 5. The fourth-order valence-corrected chi connectivity index (χ4v) is 2.66. The number of nitrogens with two attached hydrogens (primary N) is 1. The van der Waals surface area contributed by atoms with Gasteiger partial charge in [-0.15, -0.1) is 0 Å². The lowest BCUT2D eigenvalue weighted by Gasteiger charge is -2.11. The summed E-state index contributed by atoms with van der Waals surface area (Å²) >= 11 is 0. The van der Waals surface area contributed by atoms with Crippen molar-refractivity contribution in [2.24, 2.45) is 0 Å². The molecule has 0 radical (unpaired) electrons. The van der Waals surface area contributed by atoms with Gasteiger partial charge in [-0.25, -0.2) is 8.42 Å². The van der Waals surface area contributed by atoms with E-state index >= 15 is 0 Å². The Morgan fingerprint density at radius 2 is 1.94 bits per heavy atom. The summed E-state index contributed by atoms with van der Waals surface area (Å²) in [6.45, 7) is 1.93. The zero-order chi connectivity index (χ0) is 13.6. The van der Waals surface area contributed by atoms with Crippen LogP contribution >= 0.6 is 0 Å². The van der Waals surface area contributed by atoms with Crippen molar-refractivity contribution in [1.29, 1.82) is 0 Å². The molecule has 0 unspecified atom stereocenters. The predicted octanol–water partition coefficient (Wildman–Crippen LogP) is 1.48. The SMILES string of the molecule is CCCS(=O)(=O)CCOc1cc(N)ccc1OC. The van der Waals surface area contributed by atoms with E-state index in [9.17, 15) is 8.42 Å². The molecule has 5 nitrogen and oxygen atoms in total. The number of anilines is 1. The van der Waals surface area contributed by atoms with Crippen LogP contribution in [0.1, 0.15) is 13.3 Å². The second-order valence-electron chi connectivity index (χ2n) is 3.91. The van der Waals surface area contributed by atoms with Gasteiger partial charge >= 0.3 is 0 Å². The van der Waals surface area contributed by atoms with Crippen molar-refractivity contribution >= 4 is 15.5 Å². The number of sulfone groups is 1. The maximum atomic E-state index is 11.5. The minimum absolute atomic E-state index is 0.00120. The fraction of sp³-hybridized carbons (Fsp3) is 0.500. The highest BCUT2D eigenvalue weighted by Gasteiger charge is 2.11. The summed E-state index contributed by atoms with van der Waals surface area (Å²) in [4.78, 5) is 0. The Bertz CT molecular complexity index is 485. The van der Waals surface area contributed by atoms with E-state index in [1.54, 1.807) is 18.2 Å². The molecule has 1 aromatic carbocycles. The molecule has 0 aliphatic rings. The van der Waals surface area contributed by atoms with Crippen LogP contribution in [-0.4, -0.2) is 33.6 Å². The minimum atomic E-state index is -3.03. The van der Waals surface area contributed by atoms with Crippen LogP contribution in [0, 0.1) is 0 Å². The highest BCUT2D eigenvalue weighted by Crippen LogP contribution is 2.28. The van der Waals surface area contributed by atoms with Gasteiger partial charge in [-0.05, 0) is 18.6 Å². The Labute approximate surface area is 108 Å². The second kappa shape index (κ2) is 6.49. The van der Waals surface area contributed by atoms with Crippen LogP contribution in [0.25, 0.3) is 0 Å². The predicted molar refractivity (Wildman–Crippen MR) is 71.8 cm³/mol. The molecule has 0 atom stereocenters. The molecule has 0 spiro atoms. The smallest absolute Gasteiger partial charge is 0.163 e. The molecular weight excluding hydrogens is 254 g/mol. The molecule has 18 heavy (non-hydrogen) atoms. The first-order valence-electron chi connectivity index (χ1n) is 5.75. The molecule has 0 bridgehead atoms. The van der Waals surface area contributed by atoms with Gasteiger partial charge in [0.05, 0.1) is 18.6 Å². The molecule has 1 rings (SSSR count). The van der Waals surface area contributed by atoms with Crippen LogP contribution in [0.5, 0.6) is 11.5 Å². The van der Waals surface area contributed by atoms with Gasteiger partial charge in [0.25, 0.3) is 0 Å². The summed E-state index contributed by atoms with van der Waals surface area (Å²) in [5, 5.41) is 0. The van der Waals surface area contributed by atoms with Gasteiger partial charge in [0.2, 0.25) is 0 Å². The summed E-state index contributed by atoms with van der Waals surface area (Å²) in [6.07, 6.45) is 0.615. The van der Waals surface area contributed by atoms with Crippen molar-refractivity contribution in [3.8, 4) is 11.5 Å². The van der Waals surface area contributed by atoms with E-state index in [1.165, 1.54) is 7.11 Å². The first-order valence-corrected chi connectivity index (χ1v) is 7.57. The van der Waals surface area contributed by atoms with Crippen LogP contribution < -0.4 is 15.2 Å². The van der Waals surface area contributed by atoms with E-state index < -0.39 is 9.84 Å². The third-order valence-electron chi connectivity index (χ3n) is 2.35. The van der Waals surface area contributed by atoms with Crippen molar-refractivity contribution in [2.75, 3.05) is 31.0 Å². The van der Waals surface area contributed by atoms with Crippen LogP contribution in [0.4, 0.5) is 5.69 Å². The topological polar surface area (TPSA) is 78.6 Å². The van der Waals surface area contributed by atoms with Crippen molar-refractivity contribution in [2.45, 2.75) is 13.3 Å². The first kappa shape index (κ1) is 14.6. The minimum Gasteiger partial charge on any atom is -0.493 e. The van der Waals surface area contributed by atoms with Gasteiger partial charge in [-0.2, -0.15) is 0 Å². The number of nitrogen functional groups attached to an aromatic ring is 1. The lowest BCUT2D eigenvalue weighted by molar-refractivity contribution is 0.312. The quantitative estimate of drug-likeness (QED) is 0.761. The third-order valence-corrected chi connectivity index (χ3v) is 4.17. The van der Waals surface area contributed by atoms with Crippen LogP contribution in [0.15, 0.2) is 18.2 Å². The molecule has 6 heteroatoms. The molecule has 0 fully saturated rings. The summed E-state index contributed by atoms with van der Waals surface area (Å²) in [5.74, 6) is 1.18. The standard InChI is InChI=1S/C12H19NO4S/c1-3-7-18(14,15)8-6-17-12-9-10(13)4-5-11(12)16-2/h4-5,9H,3,6-8,13H2,1-2H3. The maximum Gasteiger partial charge on any atom is 0.163 e. The molecule has 0 aliphatic carbocycles. The maximum absolute atomic E-state index is 11.5. The third kappa shape index (κ3) is 4.44. The van der Waals surface area contributed by atoms with Gasteiger partial charge in [0.15, 0.2) is 21.3 Å². The van der Waals surface area contributed by atoms with Crippen molar-refractivity contribution in [3.63, 3.8) is 0 Å². The van der Waals surface area contributed by atoms with E-state index in [0.29, 0.717) is 23.6 Å². The first-order chi connectivity index (χ1) is 8.48. The number of rotatable bonds is 7. The summed E-state index contributed by atoms with van der Waals surface area (Å²) in [5.41, 5.74) is 6.18. The molecule has 0 saturated carbocycles. The van der Waals surface area contributed by atoms with E-state index in [2.05, 4.69) is 0 Å². The Morgan fingerprint density at radius 3 is 2.56 bits per heavy atom. The molecule has 0 aliphatic heterocycles. The molecule has 102 valence electrons. The zero-order valence-electron chi connectivity index (χ0n) is 10.7. The number of hydrogen-bond donors (Lipinski definition) is 1. The lowest BCUT2D eigenvalue weighted by atomic mass is 10.3. The van der Waals surface area contributed by atoms with Gasteiger partial charge in [-0.1, -0.05) is 6.92 Å². The average molecular weight is 273 g/mol. The Hall–Kier alpha value is -1.43. The van der Waals surface area contributed by atoms with Crippen LogP contribution in [0.3, 0.4) is 0 Å². The normalized spacial score (nSPS) is 11.2. The second-order valence-corrected chi connectivity index (χ2v) is 6.21. The molecular formula is C12H19NO4S. The summed E-state index contributed by atoms with van der Waals surface area (Å²) < 4.78 is 33.5. The van der Waals surface area contributed by atoms with Gasteiger partial charge in [0.1, 0.15) is 6.61 Å². The highest BCUT2D eigenvalue weighted by atomic mass is 32.2. The zero-order valence-corrected chi connectivity index (χ0v) is 11.5. The van der Waals surface area contributed by atoms with Gasteiger partial charge < -0.3 is 15.2 Å². The monoisotopic (exact) mass is 273 g/mol. The van der Waals surface area contributed by atoms with E-state index in [0.717, 1.165) is 0 Å². The Morgan fingerprint density at radius 1 is 1.22 bits per heavy atom. The average Bonchev–Trinajstić information content (AvgIpc) is 2.29. The Balaban J connectivity index is 2.61. The van der Waals surface area contributed by atoms with Crippen molar-refractivity contribution in [1.82, 2.24) is 0 Å². The van der Waals surface area contributed by atoms with Gasteiger partial charge in [-0.3, -0.25) is 0 Å². The molecule has 0 amide bonds. The molecule has 0 saturated heterocycles. The number of ether oxygens (including phenoxy) is 2. The van der Waals surface area contributed by atoms with Gasteiger partial charge in [0, 0.05) is 11.8 Å². The lowest BCUT2D eigenvalue weighted by Crippen LogP contribution is -2.17. The van der Waals surface area contributed by atoms with Crippen molar-refractivity contribution in [3.05, 3.63) is 18.2 Å². The highest BCUT2D eigenvalue weighted by molar-refractivity contribution is 7.91. The van der Waals surface area contributed by atoms with E-state index in [1.807, 2.05) is 6.92 Å². The molecule has 2 N–H and O–H groups in total. The molecule has 1 aromatic rings. The number of benzene rings is 1. The summed E-state index contributed by atoms with van der Waals surface area (Å²) in [7, 11) is -1.51. The van der Waals surface area contributed by atoms with E-state index in [-0.39, 0.29) is 18.1 Å². The summed E-state index contributed by atoms with van der Waals surface area (Å²) in [6, 6.07) is 5.00. The largest absolute Gasteiger partial charge is 0.493 e. The van der Waals surface area contributed by atoms with Crippen molar-refractivity contribution < 1.29 is 17.9 Å².